The maximum Gasteiger partial charge on any atom is 0.338 e. The quantitative estimate of drug-likeness (QED) is 0.717. The second-order valence-electron chi connectivity index (χ2n) is 6.64. The van der Waals surface area contributed by atoms with Gasteiger partial charge in [-0.15, -0.1) is 0 Å². The number of hydrogen-bond acceptors (Lipinski definition) is 6. The molecule has 3 rings (SSSR count). The fourth-order valence-electron chi connectivity index (χ4n) is 3.06. The highest BCUT2D eigenvalue weighted by atomic mass is 32.2. The van der Waals surface area contributed by atoms with Crippen LogP contribution in [0.4, 0.5) is 0 Å². The van der Waals surface area contributed by atoms with Crippen LogP contribution in [-0.2, 0) is 21.9 Å². The molecule has 0 radical (unpaired) electrons. The third-order valence-electron chi connectivity index (χ3n) is 4.96. The number of amides is 1. The largest absolute Gasteiger partial charge is 0.478 e. The van der Waals surface area contributed by atoms with Gasteiger partial charge in [0.1, 0.15) is 10.9 Å². The molecule has 1 N–H and O–H groups in total. The first-order valence-electron chi connectivity index (χ1n) is 8.68. The summed E-state index contributed by atoms with van der Waals surface area (Å²) < 4.78 is 29.8. The van der Waals surface area contributed by atoms with Crippen molar-refractivity contribution in [3.8, 4) is 0 Å². The number of sulfonamides is 1. The van der Waals surface area contributed by atoms with Gasteiger partial charge in [-0.1, -0.05) is 0 Å². The van der Waals surface area contributed by atoms with Gasteiger partial charge in [-0.05, 0) is 13.8 Å². The molecule has 0 saturated carbocycles. The predicted octanol–water partition coefficient (Wildman–Crippen LogP) is -0.283. The summed E-state index contributed by atoms with van der Waals surface area (Å²) in [6.07, 6.45) is 3.83. The van der Waals surface area contributed by atoms with Crippen molar-refractivity contribution in [1.82, 2.24) is 28.8 Å². The van der Waals surface area contributed by atoms with Crippen molar-refractivity contribution in [3.05, 3.63) is 29.8 Å². The fourth-order valence-corrected chi connectivity index (χ4v) is 4.67. The van der Waals surface area contributed by atoms with Gasteiger partial charge in [-0.25, -0.2) is 13.2 Å². The minimum atomic E-state index is -3.67. The molecule has 28 heavy (non-hydrogen) atoms. The summed E-state index contributed by atoms with van der Waals surface area (Å²) in [5.41, 5.74) is 0.558. The van der Waals surface area contributed by atoms with E-state index < -0.39 is 22.0 Å². The van der Waals surface area contributed by atoms with Crippen LogP contribution >= 0.6 is 0 Å². The lowest BCUT2D eigenvalue weighted by molar-refractivity contribution is -0.135. The van der Waals surface area contributed by atoms with E-state index >= 15 is 0 Å². The molecule has 0 aromatic carbocycles. The molecular formula is C16H22N6O5S. The molecular weight excluding hydrogens is 388 g/mol. The van der Waals surface area contributed by atoms with Crippen molar-refractivity contribution in [3.63, 3.8) is 0 Å². The number of carboxylic acid groups (broad SMARTS) is 1. The van der Waals surface area contributed by atoms with E-state index in [9.17, 15) is 18.0 Å². The molecule has 3 heterocycles. The van der Waals surface area contributed by atoms with E-state index in [1.807, 2.05) is 0 Å². The van der Waals surface area contributed by atoms with Crippen molar-refractivity contribution in [1.29, 1.82) is 0 Å². The Labute approximate surface area is 162 Å². The number of hydrogen-bond donors (Lipinski definition) is 1. The smallest absolute Gasteiger partial charge is 0.338 e. The molecule has 0 aliphatic carbocycles. The molecule has 2 aromatic rings. The van der Waals surface area contributed by atoms with E-state index in [2.05, 4.69) is 10.2 Å². The minimum Gasteiger partial charge on any atom is -0.478 e. The first-order chi connectivity index (χ1) is 13.1. The van der Waals surface area contributed by atoms with Gasteiger partial charge in [-0.2, -0.15) is 14.5 Å². The van der Waals surface area contributed by atoms with Crippen LogP contribution in [-0.4, -0.2) is 80.3 Å². The normalized spacial score (nSPS) is 16.9. The number of aryl methyl sites for hydroxylation is 1. The Morgan fingerprint density at radius 3 is 2.29 bits per heavy atom. The number of aromatic nitrogens is 4. The van der Waals surface area contributed by atoms with Gasteiger partial charge >= 0.3 is 5.97 Å². The molecule has 1 amide bonds. The predicted molar refractivity (Wildman–Crippen MR) is 97.2 cm³/mol. The monoisotopic (exact) mass is 410 g/mol. The van der Waals surface area contributed by atoms with E-state index in [0.29, 0.717) is 5.69 Å². The van der Waals surface area contributed by atoms with Crippen molar-refractivity contribution >= 4 is 21.9 Å². The highest BCUT2D eigenvalue weighted by molar-refractivity contribution is 7.89. The van der Waals surface area contributed by atoms with E-state index in [1.165, 1.54) is 32.3 Å². The molecule has 12 heteroatoms. The van der Waals surface area contributed by atoms with Gasteiger partial charge in [-0.3, -0.25) is 14.2 Å². The van der Waals surface area contributed by atoms with Crippen molar-refractivity contribution in [2.75, 3.05) is 26.2 Å². The van der Waals surface area contributed by atoms with Gasteiger partial charge in [0.25, 0.3) is 0 Å². The lowest BCUT2D eigenvalue weighted by Gasteiger charge is -2.35. The number of carbonyl (C=O) groups is 2. The summed E-state index contributed by atoms with van der Waals surface area (Å²) in [4.78, 5) is 25.4. The lowest BCUT2D eigenvalue weighted by atomic mass is 10.2. The summed E-state index contributed by atoms with van der Waals surface area (Å²) in [6.45, 7) is 4.16. The topological polar surface area (TPSA) is 131 Å². The highest BCUT2D eigenvalue weighted by Gasteiger charge is 2.33. The van der Waals surface area contributed by atoms with Crippen molar-refractivity contribution in [2.45, 2.75) is 24.8 Å². The van der Waals surface area contributed by atoms with Gasteiger partial charge in [0, 0.05) is 39.4 Å². The number of nitrogens with zero attached hydrogens (tertiary/aromatic N) is 6. The third kappa shape index (κ3) is 3.52. The number of piperazine rings is 1. The number of rotatable bonds is 5. The number of aromatic carboxylic acids is 1. The number of carboxylic acids is 1. The second-order valence-corrected chi connectivity index (χ2v) is 8.54. The van der Waals surface area contributed by atoms with Crippen LogP contribution in [0, 0.1) is 6.92 Å². The molecule has 0 bridgehead atoms. The number of carbonyl (C=O) groups excluding carboxylic acids is 1. The Morgan fingerprint density at radius 2 is 1.79 bits per heavy atom. The zero-order valence-electron chi connectivity index (χ0n) is 15.8. The molecule has 152 valence electrons. The highest BCUT2D eigenvalue weighted by Crippen LogP contribution is 2.21. The average Bonchev–Trinajstić information content (AvgIpc) is 3.29. The molecule has 1 aliphatic rings. The summed E-state index contributed by atoms with van der Waals surface area (Å²) in [7, 11) is -1.99. The Kier molecular flexibility index (Phi) is 5.26. The lowest BCUT2D eigenvalue weighted by Crippen LogP contribution is -2.51. The Bertz CT molecular complexity index is 1000. The van der Waals surface area contributed by atoms with Crippen LogP contribution in [0.2, 0.25) is 0 Å². The van der Waals surface area contributed by atoms with Crippen LogP contribution in [0.15, 0.2) is 23.5 Å². The Balaban J connectivity index is 1.66. The summed E-state index contributed by atoms with van der Waals surface area (Å²) in [5, 5.41) is 16.9. The average molecular weight is 410 g/mol. The van der Waals surface area contributed by atoms with E-state index in [4.69, 9.17) is 5.11 Å². The van der Waals surface area contributed by atoms with Crippen LogP contribution in [0.1, 0.15) is 29.0 Å². The van der Waals surface area contributed by atoms with Crippen molar-refractivity contribution < 1.29 is 23.1 Å². The molecule has 1 aliphatic heterocycles. The zero-order valence-corrected chi connectivity index (χ0v) is 16.6. The molecule has 1 fully saturated rings. The summed E-state index contributed by atoms with van der Waals surface area (Å²) in [6, 6.07) is -0.683. The SMILES string of the molecule is Cc1c(S(=O)(=O)N2CCN(C(=O)C(C)n3cc(C(=O)O)cn3)CC2)cnn1C. The van der Waals surface area contributed by atoms with Gasteiger partial charge in [0.05, 0.1) is 23.7 Å². The van der Waals surface area contributed by atoms with E-state index in [0.717, 1.165) is 0 Å². The molecule has 11 nitrogen and oxygen atoms in total. The summed E-state index contributed by atoms with van der Waals surface area (Å²) >= 11 is 0. The maximum atomic E-state index is 12.8. The van der Waals surface area contributed by atoms with E-state index in [-0.39, 0.29) is 42.5 Å². The van der Waals surface area contributed by atoms with Crippen LogP contribution in [0.25, 0.3) is 0 Å². The van der Waals surface area contributed by atoms with Gasteiger partial charge in [0.15, 0.2) is 0 Å². The second kappa shape index (κ2) is 7.36. The first-order valence-corrected chi connectivity index (χ1v) is 10.1. The molecule has 0 spiro atoms. The molecule has 1 saturated heterocycles. The minimum absolute atomic E-state index is 0.00223. The van der Waals surface area contributed by atoms with E-state index in [1.54, 1.807) is 25.8 Å². The maximum absolute atomic E-state index is 12.8. The van der Waals surface area contributed by atoms with Crippen molar-refractivity contribution in [2.24, 2.45) is 7.05 Å². The summed E-state index contributed by atoms with van der Waals surface area (Å²) in [5.74, 6) is -1.36. The molecule has 1 atom stereocenters. The van der Waals surface area contributed by atoms with Crippen LogP contribution < -0.4 is 0 Å². The Hall–Kier alpha value is -2.73. The third-order valence-corrected chi connectivity index (χ3v) is 6.96. The van der Waals surface area contributed by atoms with Gasteiger partial charge < -0.3 is 10.0 Å². The van der Waals surface area contributed by atoms with Crippen LogP contribution in [0.3, 0.4) is 0 Å². The molecule has 2 aromatic heterocycles. The zero-order chi connectivity index (χ0) is 20.6. The van der Waals surface area contributed by atoms with Crippen LogP contribution in [0.5, 0.6) is 0 Å². The Morgan fingerprint density at radius 1 is 1.14 bits per heavy atom. The fraction of sp³-hybridized carbons (Fsp3) is 0.500. The first kappa shape index (κ1) is 20.0. The standard InChI is InChI=1S/C16H22N6O5S/c1-11-14(9-17-19(11)3)28(26,27)21-6-4-20(5-7-21)15(23)12(2)22-10-13(8-18-22)16(24)25/h8-10,12H,4-7H2,1-3H3,(H,24,25). The van der Waals surface area contributed by atoms with Gasteiger partial charge in [0.2, 0.25) is 15.9 Å². The molecule has 1 unspecified atom stereocenters.